The van der Waals surface area contributed by atoms with E-state index in [0.29, 0.717) is 17.7 Å². The Morgan fingerprint density at radius 2 is 1.94 bits per heavy atom. The predicted molar refractivity (Wildman–Crippen MR) is 66.4 cm³/mol. The largest absolute Gasteiger partial charge is 0.497 e. The van der Waals surface area contributed by atoms with E-state index in [1.54, 1.807) is 7.11 Å². The number of aromatic nitrogens is 2. The van der Waals surface area contributed by atoms with Crippen LogP contribution in [0.1, 0.15) is 10.6 Å². The van der Waals surface area contributed by atoms with Gasteiger partial charge in [0, 0.05) is 0 Å². The van der Waals surface area contributed by atoms with E-state index >= 15 is 0 Å². The van der Waals surface area contributed by atoms with E-state index in [1.165, 1.54) is 11.3 Å². The van der Waals surface area contributed by atoms with Gasteiger partial charge in [0.15, 0.2) is 0 Å². The van der Waals surface area contributed by atoms with Crippen LogP contribution >= 0.6 is 22.9 Å². The van der Waals surface area contributed by atoms with Crippen molar-refractivity contribution >= 4 is 22.9 Å². The average molecular weight is 271 g/mol. The van der Waals surface area contributed by atoms with Crippen LogP contribution in [0, 0.1) is 0 Å². The number of rotatable bonds is 5. The summed E-state index contributed by atoms with van der Waals surface area (Å²) in [4.78, 5) is 0. The minimum atomic E-state index is 0.427. The molecule has 4 nitrogen and oxygen atoms in total. The molecular weight excluding hydrogens is 260 g/mol. The Morgan fingerprint density at radius 1 is 1.18 bits per heavy atom. The van der Waals surface area contributed by atoms with Gasteiger partial charge in [0.25, 0.3) is 0 Å². The molecule has 0 aliphatic heterocycles. The van der Waals surface area contributed by atoms with Crippen LogP contribution in [0.2, 0.25) is 4.47 Å². The van der Waals surface area contributed by atoms with Crippen LogP contribution in [0.15, 0.2) is 24.3 Å². The van der Waals surface area contributed by atoms with Crippen LogP contribution in [0.3, 0.4) is 0 Å². The zero-order valence-corrected chi connectivity index (χ0v) is 10.8. The summed E-state index contributed by atoms with van der Waals surface area (Å²) >= 11 is 6.99. The van der Waals surface area contributed by atoms with Crippen LogP contribution in [0.25, 0.3) is 0 Å². The van der Waals surface area contributed by atoms with Crippen molar-refractivity contribution in [3.05, 3.63) is 39.3 Å². The minimum absolute atomic E-state index is 0.427. The van der Waals surface area contributed by atoms with Gasteiger partial charge in [0.05, 0.1) is 13.7 Å². The smallest absolute Gasteiger partial charge is 0.207 e. The lowest BCUT2D eigenvalue weighted by Gasteiger charge is -2.03. The normalized spacial score (nSPS) is 10.5. The monoisotopic (exact) mass is 270 g/mol. The number of hydrogen-bond donors (Lipinski definition) is 0. The van der Waals surface area contributed by atoms with Crippen LogP contribution in [0.4, 0.5) is 0 Å². The molecule has 2 rings (SSSR count). The zero-order valence-electron chi connectivity index (χ0n) is 9.22. The summed E-state index contributed by atoms with van der Waals surface area (Å²) in [6.45, 7) is 0.956. The van der Waals surface area contributed by atoms with Gasteiger partial charge in [-0.25, -0.2) is 0 Å². The van der Waals surface area contributed by atoms with E-state index in [2.05, 4.69) is 10.2 Å². The quantitative estimate of drug-likeness (QED) is 0.838. The maximum atomic E-state index is 5.67. The Kier molecular flexibility index (Phi) is 4.30. The van der Waals surface area contributed by atoms with Crippen molar-refractivity contribution in [1.82, 2.24) is 10.2 Å². The van der Waals surface area contributed by atoms with Crippen molar-refractivity contribution in [2.75, 3.05) is 7.11 Å². The second-order valence-corrected chi connectivity index (χ2v) is 4.93. The Morgan fingerprint density at radius 3 is 2.53 bits per heavy atom. The SMILES string of the molecule is COc1ccc(COCc2nnc(Cl)s2)cc1. The van der Waals surface area contributed by atoms with Gasteiger partial charge in [-0.2, -0.15) is 0 Å². The van der Waals surface area contributed by atoms with Gasteiger partial charge in [-0.3, -0.25) is 0 Å². The third-order valence-corrected chi connectivity index (χ3v) is 3.09. The fraction of sp³-hybridized carbons (Fsp3) is 0.273. The minimum Gasteiger partial charge on any atom is -0.497 e. The van der Waals surface area contributed by atoms with Crippen LogP contribution in [-0.4, -0.2) is 17.3 Å². The second-order valence-electron chi connectivity index (χ2n) is 3.29. The summed E-state index contributed by atoms with van der Waals surface area (Å²) in [6, 6.07) is 7.73. The summed E-state index contributed by atoms with van der Waals surface area (Å²) in [5.74, 6) is 0.838. The molecule has 0 aliphatic rings. The molecule has 0 saturated carbocycles. The van der Waals surface area contributed by atoms with Crippen molar-refractivity contribution in [2.24, 2.45) is 0 Å². The molecule has 0 fully saturated rings. The molecule has 6 heteroatoms. The predicted octanol–water partition coefficient (Wildman–Crippen LogP) is 2.92. The highest BCUT2D eigenvalue weighted by atomic mass is 35.5. The number of nitrogens with zero attached hydrogens (tertiary/aromatic N) is 2. The molecule has 0 atom stereocenters. The number of methoxy groups -OCH3 is 1. The molecule has 0 saturated heterocycles. The molecule has 0 aliphatic carbocycles. The molecule has 1 aromatic carbocycles. The Hall–Kier alpha value is -1.17. The molecule has 0 bridgehead atoms. The first-order chi connectivity index (χ1) is 8.28. The summed E-state index contributed by atoms with van der Waals surface area (Å²) < 4.78 is 11.0. The topological polar surface area (TPSA) is 44.2 Å². The third-order valence-electron chi connectivity index (χ3n) is 2.10. The van der Waals surface area contributed by atoms with Gasteiger partial charge in [-0.05, 0) is 29.3 Å². The number of ether oxygens (including phenoxy) is 2. The van der Waals surface area contributed by atoms with E-state index in [-0.39, 0.29) is 0 Å². The molecule has 90 valence electrons. The molecule has 0 amide bonds. The van der Waals surface area contributed by atoms with Gasteiger partial charge in [0.2, 0.25) is 4.47 Å². The molecular formula is C11H11ClN2O2S. The number of hydrogen-bond acceptors (Lipinski definition) is 5. The van der Waals surface area contributed by atoms with Gasteiger partial charge in [-0.1, -0.05) is 23.5 Å². The van der Waals surface area contributed by atoms with Crippen LogP contribution < -0.4 is 4.74 Å². The summed E-state index contributed by atoms with van der Waals surface area (Å²) in [7, 11) is 1.64. The van der Waals surface area contributed by atoms with Crippen molar-refractivity contribution in [3.8, 4) is 5.75 Å². The van der Waals surface area contributed by atoms with Crippen molar-refractivity contribution in [2.45, 2.75) is 13.2 Å². The molecule has 0 radical (unpaired) electrons. The summed E-state index contributed by atoms with van der Waals surface area (Å²) in [5, 5.41) is 8.35. The highest BCUT2D eigenvalue weighted by Gasteiger charge is 2.02. The lowest BCUT2D eigenvalue weighted by molar-refractivity contribution is 0.106. The van der Waals surface area contributed by atoms with Gasteiger partial charge in [-0.15, -0.1) is 10.2 Å². The summed E-state index contributed by atoms with van der Waals surface area (Å²) in [5.41, 5.74) is 1.08. The maximum Gasteiger partial charge on any atom is 0.207 e. The van der Waals surface area contributed by atoms with Crippen LogP contribution in [-0.2, 0) is 18.0 Å². The van der Waals surface area contributed by atoms with Crippen molar-refractivity contribution in [3.63, 3.8) is 0 Å². The van der Waals surface area contributed by atoms with E-state index in [0.717, 1.165) is 16.3 Å². The molecule has 0 spiro atoms. The first-order valence-corrected chi connectivity index (χ1v) is 6.16. The summed E-state index contributed by atoms with van der Waals surface area (Å²) in [6.07, 6.45) is 0. The van der Waals surface area contributed by atoms with Crippen molar-refractivity contribution in [1.29, 1.82) is 0 Å². The zero-order chi connectivity index (χ0) is 12.1. The standard InChI is InChI=1S/C11H11ClN2O2S/c1-15-9-4-2-8(3-5-9)6-16-7-10-13-14-11(12)17-10/h2-5H,6-7H2,1H3. The number of halogens is 1. The van der Waals surface area contributed by atoms with Gasteiger partial charge in [0.1, 0.15) is 17.4 Å². The first kappa shape index (κ1) is 12.3. The van der Waals surface area contributed by atoms with Gasteiger partial charge < -0.3 is 9.47 Å². The van der Waals surface area contributed by atoms with E-state index in [1.807, 2.05) is 24.3 Å². The van der Waals surface area contributed by atoms with Crippen LogP contribution in [0.5, 0.6) is 5.75 Å². The van der Waals surface area contributed by atoms with E-state index < -0.39 is 0 Å². The Balaban J connectivity index is 1.81. The Bertz CT molecular complexity index is 473. The average Bonchev–Trinajstić information content (AvgIpc) is 2.76. The molecule has 2 aromatic rings. The Labute approximate surface area is 108 Å². The highest BCUT2D eigenvalue weighted by molar-refractivity contribution is 7.15. The molecule has 0 unspecified atom stereocenters. The molecule has 0 N–H and O–H groups in total. The maximum absolute atomic E-state index is 5.67. The van der Waals surface area contributed by atoms with E-state index in [4.69, 9.17) is 21.1 Å². The highest BCUT2D eigenvalue weighted by Crippen LogP contribution is 2.16. The molecule has 17 heavy (non-hydrogen) atoms. The molecule has 1 aromatic heterocycles. The first-order valence-electron chi connectivity index (χ1n) is 4.96. The fourth-order valence-corrected chi connectivity index (χ4v) is 2.07. The fourth-order valence-electron chi connectivity index (χ4n) is 1.27. The second kappa shape index (κ2) is 5.95. The van der Waals surface area contributed by atoms with Crippen molar-refractivity contribution < 1.29 is 9.47 Å². The number of benzene rings is 1. The van der Waals surface area contributed by atoms with Gasteiger partial charge >= 0.3 is 0 Å². The molecule has 1 heterocycles. The third kappa shape index (κ3) is 3.66. The lowest BCUT2D eigenvalue weighted by Crippen LogP contribution is -1.94. The lowest BCUT2D eigenvalue weighted by atomic mass is 10.2. The van der Waals surface area contributed by atoms with E-state index in [9.17, 15) is 0 Å².